The van der Waals surface area contributed by atoms with Gasteiger partial charge in [-0.25, -0.2) is 4.79 Å². The Morgan fingerprint density at radius 3 is 2.36 bits per heavy atom. The summed E-state index contributed by atoms with van der Waals surface area (Å²) in [4.78, 5) is 17.3. The van der Waals surface area contributed by atoms with Gasteiger partial charge in [0, 0.05) is 11.8 Å². The average Bonchev–Trinajstić information content (AvgIpc) is 3.53. The van der Waals surface area contributed by atoms with Gasteiger partial charge in [-0.1, -0.05) is 30.3 Å². The Kier molecular flexibility index (Phi) is 4.50. The molecule has 0 bridgehead atoms. The summed E-state index contributed by atoms with van der Waals surface area (Å²) in [6, 6.07) is 9.95. The molecule has 4 nitrogen and oxygen atoms in total. The van der Waals surface area contributed by atoms with Crippen molar-refractivity contribution in [2.24, 2.45) is 0 Å². The smallest absolute Gasteiger partial charge is 0.343 e. The molecule has 1 heterocycles. The van der Waals surface area contributed by atoms with Gasteiger partial charge in [0.2, 0.25) is 0 Å². The number of pyridine rings is 1. The Labute approximate surface area is 155 Å². The SMILES string of the molecule is COC(=O)c1c(C2CC2)nc(C2CC2)c(Br)c1OCc1ccccc1. The van der Waals surface area contributed by atoms with E-state index < -0.39 is 0 Å². The van der Waals surface area contributed by atoms with Crippen LogP contribution in [0, 0.1) is 0 Å². The van der Waals surface area contributed by atoms with E-state index in [1.807, 2.05) is 30.3 Å². The fourth-order valence-corrected chi connectivity index (χ4v) is 3.75. The number of methoxy groups -OCH3 is 1. The third-order valence-electron chi connectivity index (χ3n) is 4.69. The van der Waals surface area contributed by atoms with Crippen molar-refractivity contribution in [1.29, 1.82) is 0 Å². The van der Waals surface area contributed by atoms with E-state index in [1.165, 1.54) is 7.11 Å². The Hall–Kier alpha value is -1.88. The van der Waals surface area contributed by atoms with Gasteiger partial charge in [0.15, 0.2) is 5.75 Å². The highest BCUT2D eigenvalue weighted by Crippen LogP contribution is 2.50. The summed E-state index contributed by atoms with van der Waals surface area (Å²) in [6.07, 6.45) is 4.43. The molecule has 2 fully saturated rings. The van der Waals surface area contributed by atoms with Crippen molar-refractivity contribution in [3.63, 3.8) is 0 Å². The van der Waals surface area contributed by atoms with E-state index in [-0.39, 0.29) is 5.97 Å². The number of ether oxygens (including phenoxy) is 2. The lowest BCUT2D eigenvalue weighted by atomic mass is 10.1. The number of carbonyl (C=O) groups excluding carboxylic acids is 1. The second-order valence-electron chi connectivity index (χ2n) is 6.71. The molecule has 0 atom stereocenters. The minimum absolute atomic E-state index is 0.346. The minimum Gasteiger partial charge on any atom is -0.487 e. The molecule has 1 aromatic carbocycles. The van der Waals surface area contributed by atoms with Crippen LogP contribution in [0.3, 0.4) is 0 Å². The standard InChI is InChI=1S/C20H20BrNO3/c1-24-20(23)15-17(13-7-8-13)22-18(14-9-10-14)16(21)19(15)25-11-12-5-3-2-4-6-12/h2-6,13-14H,7-11H2,1H3. The average molecular weight is 402 g/mol. The minimum atomic E-state index is -0.375. The maximum absolute atomic E-state index is 12.5. The number of benzene rings is 1. The predicted octanol–water partition coefficient (Wildman–Crippen LogP) is 4.96. The zero-order chi connectivity index (χ0) is 17.4. The van der Waals surface area contributed by atoms with E-state index in [0.717, 1.165) is 47.1 Å². The highest BCUT2D eigenvalue weighted by molar-refractivity contribution is 9.10. The first-order valence-electron chi connectivity index (χ1n) is 8.67. The first kappa shape index (κ1) is 16.6. The lowest BCUT2D eigenvalue weighted by Gasteiger charge is -2.18. The molecule has 0 amide bonds. The van der Waals surface area contributed by atoms with E-state index >= 15 is 0 Å². The van der Waals surface area contributed by atoms with Crippen LogP contribution < -0.4 is 4.74 Å². The second kappa shape index (κ2) is 6.79. The summed E-state index contributed by atoms with van der Waals surface area (Å²) in [5, 5.41) is 0. The van der Waals surface area contributed by atoms with Crippen molar-refractivity contribution in [2.75, 3.05) is 7.11 Å². The number of hydrogen-bond acceptors (Lipinski definition) is 4. The van der Waals surface area contributed by atoms with Gasteiger partial charge in [-0.3, -0.25) is 4.98 Å². The van der Waals surface area contributed by atoms with Gasteiger partial charge in [-0.05, 0) is 47.2 Å². The van der Waals surface area contributed by atoms with Crippen LogP contribution in [0.15, 0.2) is 34.8 Å². The Morgan fingerprint density at radius 2 is 1.76 bits per heavy atom. The highest BCUT2D eigenvalue weighted by atomic mass is 79.9. The van der Waals surface area contributed by atoms with Crippen molar-refractivity contribution in [1.82, 2.24) is 4.98 Å². The third kappa shape index (κ3) is 3.43. The maximum Gasteiger partial charge on any atom is 0.343 e. The third-order valence-corrected chi connectivity index (χ3v) is 5.46. The summed E-state index contributed by atoms with van der Waals surface area (Å²) in [6.45, 7) is 0.404. The van der Waals surface area contributed by atoms with Crippen LogP contribution in [0.2, 0.25) is 0 Å². The Morgan fingerprint density at radius 1 is 1.12 bits per heavy atom. The van der Waals surface area contributed by atoms with Crippen LogP contribution in [0.1, 0.15) is 64.8 Å². The molecule has 1 aromatic heterocycles. The van der Waals surface area contributed by atoms with Crippen LogP contribution in [0.25, 0.3) is 0 Å². The highest BCUT2D eigenvalue weighted by Gasteiger charge is 2.38. The molecule has 5 heteroatoms. The first-order chi connectivity index (χ1) is 12.2. The summed E-state index contributed by atoms with van der Waals surface area (Å²) >= 11 is 3.65. The van der Waals surface area contributed by atoms with Gasteiger partial charge in [-0.15, -0.1) is 0 Å². The molecule has 4 rings (SSSR count). The van der Waals surface area contributed by atoms with E-state index in [2.05, 4.69) is 15.9 Å². The summed E-state index contributed by atoms with van der Waals surface area (Å²) in [5.74, 6) is 1.02. The van der Waals surface area contributed by atoms with E-state index in [1.54, 1.807) is 0 Å². The summed E-state index contributed by atoms with van der Waals surface area (Å²) in [7, 11) is 1.41. The van der Waals surface area contributed by atoms with Gasteiger partial charge in [-0.2, -0.15) is 0 Å². The monoisotopic (exact) mass is 401 g/mol. The molecule has 0 radical (unpaired) electrons. The van der Waals surface area contributed by atoms with Crippen molar-refractivity contribution >= 4 is 21.9 Å². The lowest BCUT2D eigenvalue weighted by Crippen LogP contribution is -2.13. The fraction of sp³-hybridized carbons (Fsp3) is 0.400. The number of aromatic nitrogens is 1. The number of carbonyl (C=O) groups is 1. The molecule has 0 unspecified atom stereocenters. The lowest BCUT2D eigenvalue weighted by molar-refractivity contribution is 0.0593. The fourth-order valence-electron chi connectivity index (χ4n) is 3.02. The number of esters is 1. The summed E-state index contributed by atoms with van der Waals surface area (Å²) < 4.78 is 12.0. The molecule has 2 saturated carbocycles. The number of halogens is 1. The molecular formula is C20H20BrNO3. The summed E-state index contributed by atoms with van der Waals surface area (Å²) in [5.41, 5.74) is 3.41. The zero-order valence-electron chi connectivity index (χ0n) is 14.1. The molecule has 0 spiro atoms. The normalized spacial score (nSPS) is 16.6. The molecule has 130 valence electrons. The molecule has 0 saturated heterocycles. The van der Waals surface area contributed by atoms with Crippen molar-refractivity contribution in [2.45, 2.75) is 44.1 Å². The van der Waals surface area contributed by atoms with Crippen LogP contribution in [0.4, 0.5) is 0 Å². The zero-order valence-corrected chi connectivity index (χ0v) is 15.7. The quantitative estimate of drug-likeness (QED) is 0.641. The van der Waals surface area contributed by atoms with Gasteiger partial charge in [0.1, 0.15) is 12.2 Å². The molecule has 25 heavy (non-hydrogen) atoms. The van der Waals surface area contributed by atoms with E-state index in [4.69, 9.17) is 14.5 Å². The van der Waals surface area contributed by atoms with E-state index in [9.17, 15) is 4.79 Å². The molecule has 0 aliphatic heterocycles. The van der Waals surface area contributed by atoms with Crippen LogP contribution >= 0.6 is 15.9 Å². The van der Waals surface area contributed by atoms with Gasteiger partial charge in [0.05, 0.1) is 23.0 Å². The largest absolute Gasteiger partial charge is 0.487 e. The van der Waals surface area contributed by atoms with Crippen molar-refractivity contribution in [3.05, 3.63) is 57.3 Å². The number of hydrogen-bond donors (Lipinski definition) is 0. The van der Waals surface area contributed by atoms with Crippen LogP contribution in [-0.4, -0.2) is 18.1 Å². The predicted molar refractivity (Wildman–Crippen MR) is 98.0 cm³/mol. The molecular weight excluding hydrogens is 382 g/mol. The van der Waals surface area contributed by atoms with Gasteiger partial charge < -0.3 is 9.47 Å². The first-order valence-corrected chi connectivity index (χ1v) is 9.46. The molecule has 2 aliphatic rings. The van der Waals surface area contributed by atoms with Gasteiger partial charge in [0.25, 0.3) is 0 Å². The number of nitrogens with zero attached hydrogens (tertiary/aromatic N) is 1. The van der Waals surface area contributed by atoms with Crippen LogP contribution in [-0.2, 0) is 11.3 Å². The Balaban J connectivity index is 1.76. The van der Waals surface area contributed by atoms with Crippen LogP contribution in [0.5, 0.6) is 5.75 Å². The maximum atomic E-state index is 12.5. The van der Waals surface area contributed by atoms with Gasteiger partial charge >= 0.3 is 5.97 Å². The Bertz CT molecular complexity index is 798. The second-order valence-corrected chi connectivity index (χ2v) is 7.51. The molecule has 2 aliphatic carbocycles. The van der Waals surface area contributed by atoms with Crippen molar-refractivity contribution in [3.8, 4) is 5.75 Å². The van der Waals surface area contributed by atoms with Crippen molar-refractivity contribution < 1.29 is 14.3 Å². The van der Waals surface area contributed by atoms with E-state index in [0.29, 0.717) is 29.8 Å². The number of rotatable bonds is 6. The topological polar surface area (TPSA) is 48.4 Å². The molecule has 2 aromatic rings. The molecule has 0 N–H and O–H groups in total.